The van der Waals surface area contributed by atoms with Crippen LogP contribution in [0.1, 0.15) is 19.4 Å². The maximum Gasteiger partial charge on any atom is 0.0429 e. The van der Waals surface area contributed by atoms with E-state index in [-0.39, 0.29) is 0 Å². The summed E-state index contributed by atoms with van der Waals surface area (Å²) in [5.41, 5.74) is 7.77. The van der Waals surface area contributed by atoms with Gasteiger partial charge in [-0.2, -0.15) is 11.8 Å². The molecule has 2 N–H and O–H groups in total. The predicted molar refractivity (Wildman–Crippen MR) is 77.7 cm³/mol. The molecule has 2 rings (SSSR count). The number of hydrogen-bond acceptors (Lipinski definition) is 3. The van der Waals surface area contributed by atoms with Crippen molar-refractivity contribution >= 4 is 29.1 Å². The molecule has 0 spiro atoms. The first-order valence-electron chi connectivity index (χ1n) is 5.86. The molecule has 1 saturated heterocycles. The van der Waals surface area contributed by atoms with Gasteiger partial charge in [-0.25, -0.2) is 0 Å². The summed E-state index contributed by atoms with van der Waals surface area (Å²) in [6, 6.07) is 5.81. The molecule has 1 aromatic rings. The summed E-state index contributed by atoms with van der Waals surface area (Å²) in [5, 5.41) is 0.727. The molecule has 1 aromatic carbocycles. The number of benzene rings is 1. The first-order valence-corrected chi connectivity index (χ1v) is 7.22. The Morgan fingerprint density at radius 3 is 2.82 bits per heavy atom. The van der Waals surface area contributed by atoms with Crippen LogP contribution in [0.15, 0.2) is 18.2 Å². The minimum absolute atomic E-state index is 0.350. The molecule has 1 fully saturated rings. The van der Waals surface area contributed by atoms with E-state index in [9.17, 15) is 0 Å². The third-order valence-corrected chi connectivity index (χ3v) is 4.41. The van der Waals surface area contributed by atoms with Crippen molar-refractivity contribution in [3.63, 3.8) is 0 Å². The molecule has 1 aliphatic rings. The average molecular weight is 271 g/mol. The lowest BCUT2D eigenvalue weighted by Crippen LogP contribution is -2.42. The Bertz CT molecular complexity index is 386. The smallest absolute Gasteiger partial charge is 0.0429 e. The number of thioether (sulfide) groups is 1. The van der Waals surface area contributed by atoms with Gasteiger partial charge in [0.05, 0.1) is 0 Å². The number of rotatable bonds is 2. The summed E-state index contributed by atoms with van der Waals surface area (Å²) in [6.07, 6.45) is 0. The molecule has 0 saturated carbocycles. The summed E-state index contributed by atoms with van der Waals surface area (Å²) in [6.45, 7) is 7.80. The van der Waals surface area contributed by atoms with Crippen molar-refractivity contribution in [2.24, 2.45) is 0 Å². The van der Waals surface area contributed by atoms with Crippen LogP contribution in [0.25, 0.3) is 0 Å². The van der Waals surface area contributed by atoms with Crippen molar-refractivity contribution in [3.05, 3.63) is 28.8 Å². The maximum absolute atomic E-state index is 6.02. The number of nitrogen functional groups attached to an aromatic ring is 1. The highest BCUT2D eigenvalue weighted by molar-refractivity contribution is 8.00. The normalized spacial score (nSPS) is 20.4. The van der Waals surface area contributed by atoms with Gasteiger partial charge < -0.3 is 5.73 Å². The second kappa shape index (κ2) is 5.09. The lowest BCUT2D eigenvalue weighted by Gasteiger charge is -2.37. The van der Waals surface area contributed by atoms with E-state index in [4.69, 9.17) is 17.3 Å². The van der Waals surface area contributed by atoms with Crippen LogP contribution in [-0.4, -0.2) is 28.5 Å². The fourth-order valence-electron chi connectivity index (χ4n) is 2.27. The molecule has 0 amide bonds. The van der Waals surface area contributed by atoms with Crippen LogP contribution < -0.4 is 5.73 Å². The van der Waals surface area contributed by atoms with Crippen LogP contribution in [0.4, 0.5) is 5.69 Å². The molecule has 17 heavy (non-hydrogen) atoms. The second-order valence-corrected chi connectivity index (χ2v) is 7.45. The Morgan fingerprint density at radius 1 is 1.41 bits per heavy atom. The number of anilines is 1. The molecular formula is C13H19ClN2S. The average Bonchev–Trinajstić information content (AvgIpc) is 2.13. The van der Waals surface area contributed by atoms with E-state index in [1.165, 1.54) is 11.3 Å². The zero-order valence-corrected chi connectivity index (χ0v) is 11.9. The Balaban J connectivity index is 2.05. The Hall–Kier alpha value is -0.380. The molecule has 94 valence electrons. The topological polar surface area (TPSA) is 29.3 Å². The first kappa shape index (κ1) is 13.1. The Morgan fingerprint density at radius 2 is 2.18 bits per heavy atom. The number of halogens is 1. The van der Waals surface area contributed by atoms with Crippen molar-refractivity contribution in [1.82, 2.24) is 4.90 Å². The lowest BCUT2D eigenvalue weighted by atomic mass is 10.1. The largest absolute Gasteiger partial charge is 0.399 e. The van der Waals surface area contributed by atoms with Gasteiger partial charge in [-0.05, 0) is 37.6 Å². The zero-order valence-electron chi connectivity index (χ0n) is 10.4. The molecule has 0 atom stereocenters. The molecule has 0 unspecified atom stereocenters. The molecule has 1 aliphatic heterocycles. The molecule has 2 nitrogen and oxygen atoms in total. The Labute approximate surface area is 113 Å². The highest BCUT2D eigenvalue weighted by atomic mass is 35.5. The number of nitrogens with two attached hydrogens (primary N) is 1. The van der Waals surface area contributed by atoms with Gasteiger partial charge in [-0.3, -0.25) is 4.90 Å². The van der Waals surface area contributed by atoms with Crippen LogP contribution in [0.3, 0.4) is 0 Å². The predicted octanol–water partition coefficient (Wildman–Crippen LogP) is 3.25. The fourth-order valence-corrected chi connectivity index (χ4v) is 3.72. The quantitative estimate of drug-likeness (QED) is 0.837. The third-order valence-electron chi connectivity index (χ3n) is 2.89. The van der Waals surface area contributed by atoms with Gasteiger partial charge in [-0.1, -0.05) is 11.6 Å². The van der Waals surface area contributed by atoms with Crippen LogP contribution in [-0.2, 0) is 6.54 Å². The van der Waals surface area contributed by atoms with Gasteiger partial charge in [0.1, 0.15) is 0 Å². The van der Waals surface area contributed by atoms with Crippen LogP contribution >= 0.6 is 23.4 Å². The van der Waals surface area contributed by atoms with Gasteiger partial charge in [0, 0.05) is 40.8 Å². The summed E-state index contributed by atoms with van der Waals surface area (Å²) < 4.78 is 0.350. The third kappa shape index (κ3) is 3.80. The van der Waals surface area contributed by atoms with Gasteiger partial charge in [-0.15, -0.1) is 0 Å². The van der Waals surface area contributed by atoms with Crippen LogP contribution in [0, 0.1) is 0 Å². The Kier molecular flexibility index (Phi) is 3.91. The van der Waals surface area contributed by atoms with Gasteiger partial charge in [0.2, 0.25) is 0 Å². The number of hydrogen-bond donors (Lipinski definition) is 1. The summed E-state index contributed by atoms with van der Waals surface area (Å²) in [4.78, 5) is 2.47. The van der Waals surface area contributed by atoms with Crippen molar-refractivity contribution in [3.8, 4) is 0 Å². The molecule has 4 heteroatoms. The van der Waals surface area contributed by atoms with Crippen LogP contribution in [0.5, 0.6) is 0 Å². The summed E-state index contributed by atoms with van der Waals surface area (Å²) >= 11 is 8.07. The van der Waals surface area contributed by atoms with E-state index < -0.39 is 0 Å². The van der Waals surface area contributed by atoms with Crippen molar-refractivity contribution in [2.45, 2.75) is 25.1 Å². The molecule has 0 aliphatic carbocycles. The van der Waals surface area contributed by atoms with Crippen LogP contribution in [0.2, 0.25) is 5.02 Å². The van der Waals surface area contributed by atoms with Gasteiger partial charge >= 0.3 is 0 Å². The standard InChI is InChI=1S/C13H19ClN2S/c1-13(2)9-16(3-4-17-13)8-10-5-11(14)7-12(15)6-10/h5-7H,3-4,8-9,15H2,1-2H3. The molecule has 0 aromatic heterocycles. The van der Waals surface area contributed by atoms with E-state index in [1.54, 1.807) is 6.07 Å². The van der Waals surface area contributed by atoms with Crippen molar-refractivity contribution in [1.29, 1.82) is 0 Å². The fraction of sp³-hybridized carbons (Fsp3) is 0.538. The first-order chi connectivity index (χ1) is 7.94. The summed E-state index contributed by atoms with van der Waals surface area (Å²) in [5.74, 6) is 1.20. The molecule has 0 bridgehead atoms. The van der Waals surface area contributed by atoms with Gasteiger partial charge in [0.25, 0.3) is 0 Å². The molecule has 1 heterocycles. The van der Waals surface area contributed by atoms with E-state index >= 15 is 0 Å². The van der Waals surface area contributed by atoms with Crippen molar-refractivity contribution < 1.29 is 0 Å². The maximum atomic E-state index is 6.02. The highest BCUT2D eigenvalue weighted by Gasteiger charge is 2.26. The SMILES string of the molecule is CC1(C)CN(Cc2cc(N)cc(Cl)c2)CCS1. The highest BCUT2D eigenvalue weighted by Crippen LogP contribution is 2.30. The molecule has 0 radical (unpaired) electrons. The lowest BCUT2D eigenvalue weighted by molar-refractivity contribution is 0.252. The number of nitrogens with zero attached hydrogens (tertiary/aromatic N) is 1. The molecular weight excluding hydrogens is 252 g/mol. The summed E-state index contributed by atoms with van der Waals surface area (Å²) in [7, 11) is 0. The van der Waals surface area contributed by atoms with E-state index in [2.05, 4.69) is 18.7 Å². The van der Waals surface area contributed by atoms with E-state index in [0.29, 0.717) is 4.75 Å². The van der Waals surface area contributed by atoms with Gasteiger partial charge in [0.15, 0.2) is 0 Å². The van der Waals surface area contributed by atoms with E-state index in [0.717, 1.165) is 30.3 Å². The second-order valence-electron chi connectivity index (χ2n) is 5.21. The van der Waals surface area contributed by atoms with E-state index in [1.807, 2.05) is 23.9 Å². The minimum Gasteiger partial charge on any atom is -0.399 e. The monoisotopic (exact) mass is 270 g/mol. The minimum atomic E-state index is 0.350. The van der Waals surface area contributed by atoms with Crippen molar-refractivity contribution in [2.75, 3.05) is 24.6 Å². The zero-order chi connectivity index (χ0) is 12.5.